The van der Waals surface area contributed by atoms with Crippen molar-refractivity contribution in [2.75, 3.05) is 19.7 Å². The summed E-state index contributed by atoms with van der Waals surface area (Å²) in [6, 6.07) is 8.41. The molecule has 0 spiro atoms. The van der Waals surface area contributed by atoms with Crippen LogP contribution in [0.3, 0.4) is 0 Å². The van der Waals surface area contributed by atoms with Crippen molar-refractivity contribution in [3.05, 3.63) is 29.8 Å². The lowest BCUT2D eigenvalue weighted by atomic mass is 9.87. The van der Waals surface area contributed by atoms with E-state index in [0.717, 1.165) is 25.4 Å². The number of fused-ring (bicyclic) bond motifs is 3. The molecule has 13 heavy (non-hydrogen) atoms. The van der Waals surface area contributed by atoms with Crippen molar-refractivity contribution in [3.8, 4) is 5.75 Å². The van der Waals surface area contributed by atoms with E-state index >= 15 is 0 Å². The Bertz CT molecular complexity index is 324. The molecule has 3 rings (SSSR count). The molecule has 1 saturated heterocycles. The van der Waals surface area contributed by atoms with E-state index in [1.165, 1.54) is 5.56 Å². The van der Waals surface area contributed by atoms with E-state index in [2.05, 4.69) is 23.5 Å². The highest BCUT2D eigenvalue weighted by Crippen LogP contribution is 2.38. The number of hydrogen-bond acceptors (Lipinski definition) is 2. The third-order valence-corrected chi connectivity index (χ3v) is 3.11. The zero-order valence-electron chi connectivity index (χ0n) is 7.49. The first-order valence-electron chi connectivity index (χ1n) is 4.87. The highest BCUT2D eigenvalue weighted by molar-refractivity contribution is 5.39. The Balaban J connectivity index is 2.06. The zero-order chi connectivity index (χ0) is 8.67. The van der Waals surface area contributed by atoms with Gasteiger partial charge in [-0.3, -0.25) is 0 Å². The van der Waals surface area contributed by atoms with E-state index in [-0.39, 0.29) is 0 Å². The molecule has 68 valence electrons. The van der Waals surface area contributed by atoms with E-state index in [4.69, 9.17) is 4.74 Å². The third kappa shape index (κ3) is 1.05. The van der Waals surface area contributed by atoms with Gasteiger partial charge in [-0.15, -0.1) is 0 Å². The van der Waals surface area contributed by atoms with Crippen LogP contribution in [-0.4, -0.2) is 19.7 Å². The van der Waals surface area contributed by atoms with Crippen molar-refractivity contribution in [1.29, 1.82) is 0 Å². The summed E-state index contributed by atoms with van der Waals surface area (Å²) in [4.78, 5) is 0. The second kappa shape index (κ2) is 2.74. The lowest BCUT2D eigenvalue weighted by Gasteiger charge is -2.27. The molecule has 2 nitrogen and oxygen atoms in total. The molecule has 1 fully saturated rings. The van der Waals surface area contributed by atoms with E-state index in [1.807, 2.05) is 6.07 Å². The van der Waals surface area contributed by atoms with Crippen LogP contribution >= 0.6 is 0 Å². The number of para-hydroxylation sites is 1. The van der Waals surface area contributed by atoms with Crippen molar-refractivity contribution in [1.82, 2.24) is 5.32 Å². The number of hydrogen-bond donors (Lipinski definition) is 1. The van der Waals surface area contributed by atoms with Crippen LogP contribution in [0.2, 0.25) is 0 Å². The van der Waals surface area contributed by atoms with Gasteiger partial charge in [-0.1, -0.05) is 18.2 Å². The van der Waals surface area contributed by atoms with Gasteiger partial charge in [0.15, 0.2) is 0 Å². The normalized spacial score (nSPS) is 30.5. The minimum Gasteiger partial charge on any atom is -0.493 e. The summed E-state index contributed by atoms with van der Waals surface area (Å²) in [5.41, 5.74) is 1.39. The average Bonchev–Trinajstić information content (AvgIpc) is 2.65. The molecule has 0 bridgehead atoms. The SMILES string of the molecule is c1ccc2c(c1)OC[C@H]1CNC[C@@H]21. The predicted molar refractivity (Wildman–Crippen MR) is 51.0 cm³/mol. The van der Waals surface area contributed by atoms with Crippen LogP contribution in [0.5, 0.6) is 5.75 Å². The molecule has 0 radical (unpaired) electrons. The molecule has 1 N–H and O–H groups in total. The van der Waals surface area contributed by atoms with Gasteiger partial charge < -0.3 is 10.1 Å². The van der Waals surface area contributed by atoms with Crippen molar-refractivity contribution >= 4 is 0 Å². The maximum Gasteiger partial charge on any atom is 0.122 e. The molecule has 2 heteroatoms. The number of ether oxygens (including phenoxy) is 1. The maximum absolute atomic E-state index is 5.70. The third-order valence-electron chi connectivity index (χ3n) is 3.11. The second-order valence-electron chi connectivity index (χ2n) is 3.87. The Morgan fingerprint density at radius 1 is 1.23 bits per heavy atom. The van der Waals surface area contributed by atoms with Crippen molar-refractivity contribution in [2.45, 2.75) is 5.92 Å². The number of nitrogens with one attached hydrogen (secondary N) is 1. The van der Waals surface area contributed by atoms with E-state index < -0.39 is 0 Å². The molecular weight excluding hydrogens is 162 g/mol. The van der Waals surface area contributed by atoms with Crippen LogP contribution in [0.1, 0.15) is 11.5 Å². The number of rotatable bonds is 0. The van der Waals surface area contributed by atoms with Crippen LogP contribution < -0.4 is 10.1 Å². The molecule has 0 unspecified atom stereocenters. The predicted octanol–water partition coefficient (Wildman–Crippen LogP) is 1.38. The average molecular weight is 175 g/mol. The van der Waals surface area contributed by atoms with Gasteiger partial charge >= 0.3 is 0 Å². The Hall–Kier alpha value is -1.02. The molecule has 2 atom stereocenters. The van der Waals surface area contributed by atoms with Crippen LogP contribution in [0.4, 0.5) is 0 Å². The zero-order valence-corrected chi connectivity index (χ0v) is 7.49. The van der Waals surface area contributed by atoms with E-state index in [0.29, 0.717) is 11.8 Å². The monoisotopic (exact) mass is 175 g/mol. The molecule has 2 aliphatic heterocycles. The molecule has 2 aliphatic rings. The van der Waals surface area contributed by atoms with Crippen LogP contribution in [-0.2, 0) is 0 Å². The summed E-state index contributed by atoms with van der Waals surface area (Å²) in [6.07, 6.45) is 0. The van der Waals surface area contributed by atoms with Crippen LogP contribution in [0, 0.1) is 5.92 Å². The van der Waals surface area contributed by atoms with Crippen molar-refractivity contribution in [2.24, 2.45) is 5.92 Å². The Morgan fingerprint density at radius 2 is 2.15 bits per heavy atom. The molecule has 1 aromatic carbocycles. The lowest BCUT2D eigenvalue weighted by molar-refractivity contribution is 0.219. The Morgan fingerprint density at radius 3 is 3.15 bits per heavy atom. The van der Waals surface area contributed by atoms with Gasteiger partial charge in [0.05, 0.1) is 6.61 Å². The highest BCUT2D eigenvalue weighted by Gasteiger charge is 2.34. The van der Waals surface area contributed by atoms with Gasteiger partial charge in [0.2, 0.25) is 0 Å². The second-order valence-corrected chi connectivity index (χ2v) is 3.87. The molecule has 1 aromatic rings. The fraction of sp³-hybridized carbons (Fsp3) is 0.455. The summed E-state index contributed by atoms with van der Waals surface area (Å²) < 4.78 is 5.70. The fourth-order valence-electron chi connectivity index (χ4n) is 2.39. The standard InChI is InChI=1S/C11H13NO/c1-2-4-11-9(3-1)10-6-12-5-8(10)7-13-11/h1-4,8,10,12H,5-7H2/t8-,10-/m1/s1. The van der Waals surface area contributed by atoms with Gasteiger partial charge in [-0.05, 0) is 11.6 Å². The van der Waals surface area contributed by atoms with Crippen LogP contribution in [0.25, 0.3) is 0 Å². The Kier molecular flexibility index (Phi) is 1.56. The molecule has 2 heterocycles. The highest BCUT2D eigenvalue weighted by atomic mass is 16.5. The summed E-state index contributed by atoms with van der Waals surface area (Å²) >= 11 is 0. The molecule has 0 saturated carbocycles. The van der Waals surface area contributed by atoms with E-state index in [9.17, 15) is 0 Å². The first-order chi connectivity index (χ1) is 6.45. The summed E-state index contributed by atoms with van der Waals surface area (Å²) in [7, 11) is 0. The van der Waals surface area contributed by atoms with Gasteiger partial charge in [0.1, 0.15) is 5.75 Å². The largest absolute Gasteiger partial charge is 0.493 e. The van der Waals surface area contributed by atoms with Gasteiger partial charge in [-0.2, -0.15) is 0 Å². The molecule has 0 amide bonds. The minimum atomic E-state index is 0.685. The first kappa shape index (κ1) is 7.39. The topological polar surface area (TPSA) is 21.3 Å². The first-order valence-corrected chi connectivity index (χ1v) is 4.87. The minimum absolute atomic E-state index is 0.685. The van der Waals surface area contributed by atoms with Crippen molar-refractivity contribution < 1.29 is 4.74 Å². The Labute approximate surface area is 77.9 Å². The quantitative estimate of drug-likeness (QED) is 0.643. The molecule has 0 aliphatic carbocycles. The van der Waals surface area contributed by atoms with Crippen molar-refractivity contribution in [3.63, 3.8) is 0 Å². The smallest absolute Gasteiger partial charge is 0.122 e. The molecular formula is C11H13NO. The summed E-state index contributed by atoms with van der Waals surface area (Å²) in [5.74, 6) is 2.47. The number of benzene rings is 1. The lowest BCUT2D eigenvalue weighted by Crippen LogP contribution is -2.24. The van der Waals surface area contributed by atoms with Gasteiger partial charge in [-0.25, -0.2) is 0 Å². The van der Waals surface area contributed by atoms with Crippen LogP contribution in [0.15, 0.2) is 24.3 Å². The van der Waals surface area contributed by atoms with E-state index in [1.54, 1.807) is 0 Å². The maximum atomic E-state index is 5.70. The summed E-state index contributed by atoms with van der Waals surface area (Å²) in [5, 5.41) is 3.43. The van der Waals surface area contributed by atoms with Gasteiger partial charge in [0, 0.05) is 24.9 Å². The molecule has 0 aromatic heterocycles. The summed E-state index contributed by atoms with van der Waals surface area (Å²) in [6.45, 7) is 3.11. The fourth-order valence-corrected chi connectivity index (χ4v) is 2.39. The van der Waals surface area contributed by atoms with Gasteiger partial charge in [0.25, 0.3) is 0 Å².